The second kappa shape index (κ2) is 8.74. The SMILES string of the molecule is O=C(Nc1cc(C=Cc2ccccc2)ccc1C(=O)O)c1cc(Cl)cc(Cl)c1. The van der Waals surface area contributed by atoms with Gasteiger partial charge < -0.3 is 10.4 Å². The Kier molecular flexibility index (Phi) is 6.14. The molecule has 0 aliphatic heterocycles. The van der Waals surface area contributed by atoms with Crippen molar-refractivity contribution < 1.29 is 14.7 Å². The van der Waals surface area contributed by atoms with E-state index in [1.807, 2.05) is 42.5 Å². The summed E-state index contributed by atoms with van der Waals surface area (Å²) < 4.78 is 0. The molecule has 0 spiro atoms. The first-order valence-corrected chi connectivity index (χ1v) is 9.06. The summed E-state index contributed by atoms with van der Waals surface area (Å²) in [7, 11) is 0. The molecule has 0 heterocycles. The average Bonchev–Trinajstić information content (AvgIpc) is 2.66. The van der Waals surface area contributed by atoms with E-state index in [9.17, 15) is 14.7 Å². The van der Waals surface area contributed by atoms with Crippen molar-refractivity contribution in [3.63, 3.8) is 0 Å². The van der Waals surface area contributed by atoms with Crippen LogP contribution in [0.25, 0.3) is 12.2 Å². The summed E-state index contributed by atoms with van der Waals surface area (Å²) in [5.41, 5.74) is 2.15. The predicted molar refractivity (Wildman–Crippen MR) is 113 cm³/mol. The van der Waals surface area contributed by atoms with E-state index in [0.29, 0.717) is 10.0 Å². The summed E-state index contributed by atoms with van der Waals surface area (Å²) in [5, 5.41) is 12.7. The van der Waals surface area contributed by atoms with E-state index in [1.54, 1.807) is 12.1 Å². The van der Waals surface area contributed by atoms with E-state index in [-0.39, 0.29) is 16.8 Å². The summed E-state index contributed by atoms with van der Waals surface area (Å²) in [4.78, 5) is 24.1. The highest BCUT2D eigenvalue weighted by Gasteiger charge is 2.15. The maximum Gasteiger partial charge on any atom is 0.337 e. The third-order valence-electron chi connectivity index (χ3n) is 3.91. The Hall–Kier alpha value is -3.08. The van der Waals surface area contributed by atoms with Crippen LogP contribution in [0.3, 0.4) is 0 Å². The van der Waals surface area contributed by atoms with E-state index in [1.165, 1.54) is 24.3 Å². The molecule has 3 aromatic rings. The van der Waals surface area contributed by atoms with Crippen molar-refractivity contribution in [1.29, 1.82) is 0 Å². The number of carboxylic acids is 1. The van der Waals surface area contributed by atoms with Gasteiger partial charge in [-0.25, -0.2) is 4.79 Å². The van der Waals surface area contributed by atoms with Crippen LogP contribution in [-0.2, 0) is 0 Å². The Balaban J connectivity index is 1.90. The summed E-state index contributed by atoms with van der Waals surface area (Å²) >= 11 is 11.9. The molecule has 0 radical (unpaired) electrons. The molecule has 2 N–H and O–H groups in total. The van der Waals surface area contributed by atoms with Crippen LogP contribution in [0, 0.1) is 0 Å². The van der Waals surface area contributed by atoms with Crippen molar-refractivity contribution in [2.75, 3.05) is 5.32 Å². The van der Waals surface area contributed by atoms with Gasteiger partial charge in [-0.05, 0) is 41.5 Å². The van der Waals surface area contributed by atoms with E-state index < -0.39 is 11.9 Å². The third kappa shape index (κ3) is 5.00. The summed E-state index contributed by atoms with van der Waals surface area (Å²) in [6.07, 6.45) is 3.74. The van der Waals surface area contributed by atoms with Gasteiger partial charge >= 0.3 is 5.97 Å². The maximum absolute atomic E-state index is 12.5. The Morgan fingerprint density at radius 3 is 2.11 bits per heavy atom. The summed E-state index contributed by atoms with van der Waals surface area (Å²) in [6, 6.07) is 18.8. The van der Waals surface area contributed by atoms with Crippen LogP contribution in [0.4, 0.5) is 5.69 Å². The van der Waals surface area contributed by atoms with Gasteiger partial charge in [0.05, 0.1) is 11.3 Å². The molecular formula is C22H15Cl2NO3. The standard InChI is InChI=1S/C22H15Cl2NO3/c23-17-11-16(12-18(24)13-17)21(26)25-20-10-15(8-9-19(20)22(27)28)7-6-14-4-2-1-3-5-14/h1-13H,(H,25,26)(H,27,28). The molecule has 28 heavy (non-hydrogen) atoms. The smallest absolute Gasteiger partial charge is 0.337 e. The molecule has 0 aliphatic carbocycles. The van der Waals surface area contributed by atoms with Crippen molar-refractivity contribution in [1.82, 2.24) is 0 Å². The highest BCUT2D eigenvalue weighted by molar-refractivity contribution is 6.35. The first-order valence-electron chi connectivity index (χ1n) is 8.30. The Bertz CT molecular complexity index is 1040. The van der Waals surface area contributed by atoms with Gasteiger partial charge in [-0.1, -0.05) is 71.8 Å². The lowest BCUT2D eigenvalue weighted by molar-refractivity contribution is 0.0698. The van der Waals surface area contributed by atoms with Gasteiger partial charge in [0.1, 0.15) is 0 Å². The van der Waals surface area contributed by atoms with Gasteiger partial charge in [0.25, 0.3) is 5.91 Å². The zero-order valence-electron chi connectivity index (χ0n) is 14.5. The molecule has 3 aromatic carbocycles. The summed E-state index contributed by atoms with van der Waals surface area (Å²) in [6.45, 7) is 0. The zero-order valence-corrected chi connectivity index (χ0v) is 16.0. The van der Waals surface area contributed by atoms with Gasteiger partial charge in [0, 0.05) is 15.6 Å². The van der Waals surface area contributed by atoms with E-state index in [0.717, 1.165) is 11.1 Å². The molecule has 0 bridgehead atoms. The molecule has 140 valence electrons. The largest absolute Gasteiger partial charge is 0.478 e. The lowest BCUT2D eigenvalue weighted by Gasteiger charge is -2.10. The first kappa shape index (κ1) is 19.7. The zero-order chi connectivity index (χ0) is 20.1. The molecule has 0 saturated carbocycles. The number of benzene rings is 3. The minimum atomic E-state index is -1.14. The second-order valence-corrected chi connectivity index (χ2v) is 6.84. The fourth-order valence-corrected chi connectivity index (χ4v) is 3.12. The number of amides is 1. The molecular weight excluding hydrogens is 397 g/mol. The van der Waals surface area contributed by atoms with Crippen molar-refractivity contribution in [3.05, 3.63) is 99.0 Å². The monoisotopic (exact) mass is 411 g/mol. The number of hydrogen-bond acceptors (Lipinski definition) is 2. The van der Waals surface area contributed by atoms with Gasteiger partial charge in [0.2, 0.25) is 0 Å². The normalized spacial score (nSPS) is 10.8. The van der Waals surface area contributed by atoms with Crippen molar-refractivity contribution in [2.24, 2.45) is 0 Å². The van der Waals surface area contributed by atoms with E-state index in [4.69, 9.17) is 23.2 Å². The molecule has 1 amide bonds. The Morgan fingerprint density at radius 1 is 0.821 bits per heavy atom. The molecule has 0 aromatic heterocycles. The molecule has 0 saturated heterocycles. The fourth-order valence-electron chi connectivity index (χ4n) is 2.59. The molecule has 4 nitrogen and oxygen atoms in total. The minimum Gasteiger partial charge on any atom is -0.478 e. The third-order valence-corrected chi connectivity index (χ3v) is 4.35. The van der Waals surface area contributed by atoms with Crippen LogP contribution in [0.15, 0.2) is 66.7 Å². The van der Waals surface area contributed by atoms with Crippen molar-refractivity contribution in [2.45, 2.75) is 0 Å². The number of hydrogen-bond donors (Lipinski definition) is 2. The number of rotatable bonds is 5. The average molecular weight is 412 g/mol. The molecule has 0 unspecified atom stereocenters. The molecule has 6 heteroatoms. The van der Waals surface area contributed by atoms with Crippen LogP contribution in [0.2, 0.25) is 10.0 Å². The number of anilines is 1. The number of nitrogens with one attached hydrogen (secondary N) is 1. The first-order chi connectivity index (χ1) is 13.4. The predicted octanol–water partition coefficient (Wildman–Crippen LogP) is 6.11. The topological polar surface area (TPSA) is 66.4 Å². The van der Waals surface area contributed by atoms with Gasteiger partial charge in [-0.2, -0.15) is 0 Å². The lowest BCUT2D eigenvalue weighted by atomic mass is 10.1. The molecule has 3 rings (SSSR count). The van der Waals surface area contributed by atoms with E-state index in [2.05, 4.69) is 5.32 Å². The van der Waals surface area contributed by atoms with Crippen LogP contribution in [0.1, 0.15) is 31.8 Å². The second-order valence-electron chi connectivity index (χ2n) is 5.97. The number of aromatic carboxylic acids is 1. The highest BCUT2D eigenvalue weighted by Crippen LogP contribution is 2.23. The lowest BCUT2D eigenvalue weighted by Crippen LogP contribution is -2.15. The van der Waals surface area contributed by atoms with Crippen LogP contribution < -0.4 is 5.32 Å². The summed E-state index contributed by atoms with van der Waals surface area (Å²) in [5.74, 6) is -1.64. The quantitative estimate of drug-likeness (QED) is 0.497. The van der Waals surface area contributed by atoms with Crippen LogP contribution in [-0.4, -0.2) is 17.0 Å². The minimum absolute atomic E-state index is 0.0154. The molecule has 0 aliphatic rings. The van der Waals surface area contributed by atoms with Crippen LogP contribution in [0.5, 0.6) is 0 Å². The maximum atomic E-state index is 12.5. The van der Waals surface area contributed by atoms with Gasteiger partial charge in [0.15, 0.2) is 0 Å². The highest BCUT2D eigenvalue weighted by atomic mass is 35.5. The molecule has 0 fully saturated rings. The van der Waals surface area contributed by atoms with Gasteiger partial charge in [-0.3, -0.25) is 4.79 Å². The van der Waals surface area contributed by atoms with Crippen LogP contribution >= 0.6 is 23.2 Å². The number of halogens is 2. The van der Waals surface area contributed by atoms with Crippen molar-refractivity contribution in [3.8, 4) is 0 Å². The fraction of sp³-hybridized carbons (Fsp3) is 0. The number of carbonyl (C=O) groups is 2. The number of carbonyl (C=O) groups excluding carboxylic acids is 1. The van der Waals surface area contributed by atoms with E-state index >= 15 is 0 Å². The Labute approximate surface area is 172 Å². The number of carboxylic acid groups (broad SMARTS) is 1. The Morgan fingerprint density at radius 2 is 1.46 bits per heavy atom. The molecule has 0 atom stereocenters. The van der Waals surface area contributed by atoms with Gasteiger partial charge in [-0.15, -0.1) is 0 Å². The van der Waals surface area contributed by atoms with Crippen molar-refractivity contribution >= 4 is 52.9 Å².